The first-order valence-electron chi connectivity index (χ1n) is 9.78. The third-order valence-electron chi connectivity index (χ3n) is 4.98. The molecule has 1 aliphatic rings. The van der Waals surface area contributed by atoms with Gasteiger partial charge in [-0.15, -0.1) is 0 Å². The molecular weight excluding hydrogens is 324 g/mol. The molecule has 1 N–H and O–H groups in total. The Bertz CT molecular complexity index is 702. The van der Waals surface area contributed by atoms with Crippen molar-refractivity contribution < 1.29 is 4.79 Å². The Morgan fingerprint density at radius 2 is 1.96 bits per heavy atom. The van der Waals surface area contributed by atoms with Crippen molar-refractivity contribution in [3.63, 3.8) is 0 Å². The average Bonchev–Trinajstić information content (AvgIpc) is 2.89. The van der Waals surface area contributed by atoms with E-state index in [0.29, 0.717) is 6.54 Å². The van der Waals surface area contributed by atoms with Crippen LogP contribution < -0.4 is 5.32 Å². The van der Waals surface area contributed by atoms with Crippen molar-refractivity contribution in [2.45, 2.75) is 45.1 Å². The van der Waals surface area contributed by atoms with Gasteiger partial charge >= 0.3 is 0 Å². The number of hydrogen-bond donors (Lipinski definition) is 1. The molecule has 1 aromatic carbocycles. The molecule has 2 heterocycles. The zero-order valence-corrected chi connectivity index (χ0v) is 15.8. The summed E-state index contributed by atoms with van der Waals surface area (Å²) in [5.74, 6) is 0.0221. The maximum atomic E-state index is 12.4. The minimum absolute atomic E-state index is 0.0221. The second-order valence-corrected chi connectivity index (χ2v) is 7.27. The number of aryl methyl sites for hydroxylation is 2. The molecule has 0 saturated carbocycles. The lowest BCUT2D eigenvalue weighted by Gasteiger charge is -2.20. The summed E-state index contributed by atoms with van der Waals surface area (Å²) < 4.78 is 1.81. The molecular formula is C21H30N4O. The van der Waals surface area contributed by atoms with Crippen molar-refractivity contribution in [1.29, 1.82) is 0 Å². The molecule has 2 aromatic rings. The normalized spacial score (nSPS) is 15.6. The molecule has 1 aliphatic heterocycles. The molecule has 3 rings (SSSR count). The van der Waals surface area contributed by atoms with Gasteiger partial charge < -0.3 is 5.32 Å². The average molecular weight is 354 g/mol. The first kappa shape index (κ1) is 18.6. The lowest BCUT2D eigenvalue weighted by molar-refractivity contribution is 0.0953. The van der Waals surface area contributed by atoms with Crippen LogP contribution in [0, 0.1) is 0 Å². The summed E-state index contributed by atoms with van der Waals surface area (Å²) in [6, 6.07) is 8.07. The van der Waals surface area contributed by atoms with Gasteiger partial charge in [-0.1, -0.05) is 25.0 Å². The molecule has 1 amide bonds. The van der Waals surface area contributed by atoms with Gasteiger partial charge in [0.25, 0.3) is 5.91 Å². The monoisotopic (exact) mass is 354 g/mol. The van der Waals surface area contributed by atoms with Crippen LogP contribution in [-0.4, -0.2) is 40.2 Å². The third kappa shape index (κ3) is 5.70. The Morgan fingerprint density at radius 3 is 2.69 bits per heavy atom. The van der Waals surface area contributed by atoms with Crippen LogP contribution in [0.3, 0.4) is 0 Å². The first-order valence-corrected chi connectivity index (χ1v) is 9.78. The SMILES string of the molecule is Cn1cc(CCCNC(=O)c2cccc(CN3CCCCCC3)c2)cn1. The zero-order chi connectivity index (χ0) is 18.2. The van der Waals surface area contributed by atoms with E-state index in [2.05, 4.69) is 21.4 Å². The molecule has 1 fully saturated rings. The van der Waals surface area contributed by atoms with Crippen LogP contribution in [0.15, 0.2) is 36.7 Å². The van der Waals surface area contributed by atoms with Gasteiger partial charge in [-0.25, -0.2) is 0 Å². The van der Waals surface area contributed by atoms with Crippen LogP contribution in [0.4, 0.5) is 0 Å². The maximum Gasteiger partial charge on any atom is 0.251 e. The predicted molar refractivity (Wildman–Crippen MR) is 104 cm³/mol. The minimum Gasteiger partial charge on any atom is -0.352 e. The molecule has 140 valence electrons. The van der Waals surface area contributed by atoms with E-state index in [9.17, 15) is 4.79 Å². The molecule has 1 aromatic heterocycles. The molecule has 0 spiro atoms. The van der Waals surface area contributed by atoms with Crippen molar-refractivity contribution in [3.05, 3.63) is 53.3 Å². The number of rotatable bonds is 7. The predicted octanol–water partition coefficient (Wildman–Crippen LogP) is 3.16. The third-order valence-corrected chi connectivity index (χ3v) is 4.98. The second kappa shape index (κ2) is 9.53. The number of benzene rings is 1. The summed E-state index contributed by atoms with van der Waals surface area (Å²) >= 11 is 0. The van der Waals surface area contributed by atoms with Gasteiger partial charge in [-0.2, -0.15) is 5.10 Å². The summed E-state index contributed by atoms with van der Waals surface area (Å²) in [6.45, 7) is 3.97. The fourth-order valence-corrected chi connectivity index (χ4v) is 3.56. The molecule has 0 bridgehead atoms. The van der Waals surface area contributed by atoms with Crippen LogP contribution in [-0.2, 0) is 20.0 Å². The fraction of sp³-hybridized carbons (Fsp3) is 0.524. The summed E-state index contributed by atoms with van der Waals surface area (Å²) in [7, 11) is 1.92. The van der Waals surface area contributed by atoms with E-state index in [4.69, 9.17) is 0 Å². The van der Waals surface area contributed by atoms with Crippen LogP contribution in [0.25, 0.3) is 0 Å². The Hall–Kier alpha value is -2.14. The Balaban J connectivity index is 1.46. The first-order chi connectivity index (χ1) is 12.7. The number of likely N-dealkylation sites (tertiary alicyclic amines) is 1. The number of amides is 1. The van der Waals surface area contributed by atoms with Gasteiger partial charge in [0.1, 0.15) is 0 Å². The smallest absolute Gasteiger partial charge is 0.251 e. The summed E-state index contributed by atoms with van der Waals surface area (Å²) in [4.78, 5) is 14.9. The number of nitrogens with zero attached hydrogens (tertiary/aromatic N) is 3. The molecule has 0 unspecified atom stereocenters. The van der Waals surface area contributed by atoms with Gasteiger partial charge in [0.15, 0.2) is 0 Å². The van der Waals surface area contributed by atoms with E-state index < -0.39 is 0 Å². The second-order valence-electron chi connectivity index (χ2n) is 7.27. The van der Waals surface area contributed by atoms with Crippen LogP contribution in [0.1, 0.15) is 53.6 Å². The number of nitrogens with one attached hydrogen (secondary N) is 1. The molecule has 0 aliphatic carbocycles. The van der Waals surface area contributed by atoms with E-state index in [1.807, 2.05) is 42.3 Å². The minimum atomic E-state index is 0.0221. The van der Waals surface area contributed by atoms with Gasteiger partial charge in [0.05, 0.1) is 6.20 Å². The Morgan fingerprint density at radius 1 is 1.15 bits per heavy atom. The highest BCUT2D eigenvalue weighted by Crippen LogP contribution is 2.14. The summed E-state index contributed by atoms with van der Waals surface area (Å²) in [6.07, 6.45) is 11.0. The van der Waals surface area contributed by atoms with Gasteiger partial charge in [-0.3, -0.25) is 14.4 Å². The lowest BCUT2D eigenvalue weighted by Crippen LogP contribution is -2.26. The molecule has 0 atom stereocenters. The van der Waals surface area contributed by atoms with Crippen LogP contribution in [0.2, 0.25) is 0 Å². The highest BCUT2D eigenvalue weighted by Gasteiger charge is 2.11. The van der Waals surface area contributed by atoms with Crippen LogP contribution in [0.5, 0.6) is 0 Å². The topological polar surface area (TPSA) is 50.2 Å². The maximum absolute atomic E-state index is 12.4. The van der Waals surface area contributed by atoms with E-state index in [1.54, 1.807) is 0 Å². The number of carbonyl (C=O) groups excluding carboxylic acids is 1. The van der Waals surface area contributed by atoms with Gasteiger partial charge in [-0.05, 0) is 62.0 Å². The fourth-order valence-electron chi connectivity index (χ4n) is 3.56. The number of hydrogen-bond acceptors (Lipinski definition) is 3. The highest BCUT2D eigenvalue weighted by molar-refractivity contribution is 5.94. The van der Waals surface area contributed by atoms with Crippen molar-refractivity contribution >= 4 is 5.91 Å². The largest absolute Gasteiger partial charge is 0.352 e. The molecule has 0 radical (unpaired) electrons. The van der Waals surface area contributed by atoms with E-state index in [0.717, 1.165) is 24.9 Å². The van der Waals surface area contributed by atoms with Crippen molar-refractivity contribution in [2.75, 3.05) is 19.6 Å². The Labute approximate surface area is 156 Å². The number of carbonyl (C=O) groups is 1. The molecule has 5 heteroatoms. The Kier molecular flexibility index (Phi) is 6.83. The standard InChI is InChI=1S/C21H30N4O/c1-24-16-19(15-23-24)9-7-11-22-21(26)20-10-6-8-18(14-20)17-25-12-4-2-3-5-13-25/h6,8,10,14-16H,2-5,7,9,11-13,17H2,1H3,(H,22,26). The van der Waals surface area contributed by atoms with Crippen LogP contribution >= 0.6 is 0 Å². The summed E-state index contributed by atoms with van der Waals surface area (Å²) in [5, 5.41) is 7.20. The quantitative estimate of drug-likeness (QED) is 0.777. The van der Waals surface area contributed by atoms with Crippen molar-refractivity contribution in [1.82, 2.24) is 20.0 Å². The molecule has 1 saturated heterocycles. The lowest BCUT2D eigenvalue weighted by atomic mass is 10.1. The van der Waals surface area contributed by atoms with E-state index in [1.165, 1.54) is 49.9 Å². The van der Waals surface area contributed by atoms with Crippen molar-refractivity contribution in [3.8, 4) is 0 Å². The van der Waals surface area contributed by atoms with Gasteiger partial charge in [0, 0.05) is 31.9 Å². The highest BCUT2D eigenvalue weighted by atomic mass is 16.1. The van der Waals surface area contributed by atoms with E-state index in [-0.39, 0.29) is 5.91 Å². The number of aromatic nitrogens is 2. The zero-order valence-electron chi connectivity index (χ0n) is 15.8. The van der Waals surface area contributed by atoms with Gasteiger partial charge in [0.2, 0.25) is 0 Å². The molecule has 5 nitrogen and oxygen atoms in total. The molecule has 26 heavy (non-hydrogen) atoms. The van der Waals surface area contributed by atoms with E-state index >= 15 is 0 Å². The van der Waals surface area contributed by atoms with Crippen molar-refractivity contribution in [2.24, 2.45) is 7.05 Å². The summed E-state index contributed by atoms with van der Waals surface area (Å²) in [5.41, 5.74) is 3.20.